The predicted octanol–water partition coefficient (Wildman–Crippen LogP) is 6.34. The van der Waals surface area contributed by atoms with Gasteiger partial charge < -0.3 is 9.32 Å². The van der Waals surface area contributed by atoms with E-state index in [4.69, 9.17) is 39.2 Å². The van der Waals surface area contributed by atoms with Crippen LogP contribution in [-0.4, -0.2) is 22.3 Å². The average Bonchev–Trinajstić information content (AvgIpc) is 3.26. The van der Waals surface area contributed by atoms with Crippen molar-refractivity contribution in [3.63, 3.8) is 0 Å². The number of carbonyl (C=O) groups is 1. The van der Waals surface area contributed by atoms with E-state index in [0.29, 0.717) is 47.6 Å². The standard InChI is InChI=1S/C19H17Cl3N2O2S/c1-2-24(11-13-4-6-17(22)27-13)19(25)8-7-18-23-10-16(26-18)14-5-3-12(20)9-15(14)21/h3-6,9-10H,2,7-8,11H2,1H3. The first-order valence-electron chi connectivity index (χ1n) is 8.38. The molecule has 0 saturated heterocycles. The average molecular weight is 444 g/mol. The highest BCUT2D eigenvalue weighted by Gasteiger charge is 2.16. The van der Waals surface area contributed by atoms with Crippen LogP contribution in [0.5, 0.6) is 0 Å². The van der Waals surface area contributed by atoms with Gasteiger partial charge in [-0.3, -0.25) is 4.79 Å². The van der Waals surface area contributed by atoms with E-state index < -0.39 is 0 Å². The number of thiophene rings is 1. The van der Waals surface area contributed by atoms with E-state index in [1.165, 1.54) is 11.3 Å². The van der Waals surface area contributed by atoms with E-state index in [0.717, 1.165) is 14.8 Å². The summed E-state index contributed by atoms with van der Waals surface area (Å²) in [5, 5.41) is 1.05. The number of hydrogen-bond acceptors (Lipinski definition) is 4. The molecule has 2 heterocycles. The van der Waals surface area contributed by atoms with E-state index in [1.807, 2.05) is 19.1 Å². The van der Waals surface area contributed by atoms with Crippen molar-refractivity contribution in [2.24, 2.45) is 0 Å². The Bertz CT molecular complexity index is 939. The fourth-order valence-electron chi connectivity index (χ4n) is 2.61. The Morgan fingerprint density at radius 2 is 2.04 bits per heavy atom. The second kappa shape index (κ2) is 9.11. The van der Waals surface area contributed by atoms with E-state index >= 15 is 0 Å². The van der Waals surface area contributed by atoms with Crippen LogP contribution in [0.2, 0.25) is 14.4 Å². The Balaban J connectivity index is 1.61. The minimum atomic E-state index is 0.0475. The number of amides is 1. The number of hydrogen-bond donors (Lipinski definition) is 0. The molecule has 0 atom stereocenters. The van der Waals surface area contributed by atoms with Gasteiger partial charge in [-0.2, -0.15) is 0 Å². The minimum absolute atomic E-state index is 0.0475. The minimum Gasteiger partial charge on any atom is -0.441 e. The number of carbonyl (C=O) groups excluding carboxylic acids is 1. The maximum absolute atomic E-state index is 12.5. The largest absolute Gasteiger partial charge is 0.441 e. The number of benzene rings is 1. The molecule has 0 aliphatic carbocycles. The van der Waals surface area contributed by atoms with Gasteiger partial charge in [0, 0.05) is 34.8 Å². The Morgan fingerprint density at radius 3 is 2.70 bits per heavy atom. The molecule has 27 heavy (non-hydrogen) atoms. The molecular weight excluding hydrogens is 427 g/mol. The highest BCUT2D eigenvalue weighted by atomic mass is 35.5. The molecule has 0 aliphatic heterocycles. The molecule has 0 saturated carbocycles. The van der Waals surface area contributed by atoms with Crippen molar-refractivity contribution < 1.29 is 9.21 Å². The zero-order chi connectivity index (χ0) is 19.4. The summed E-state index contributed by atoms with van der Waals surface area (Å²) in [7, 11) is 0. The second-order valence-corrected chi connectivity index (χ2v) is 8.50. The van der Waals surface area contributed by atoms with Gasteiger partial charge >= 0.3 is 0 Å². The maximum atomic E-state index is 12.5. The monoisotopic (exact) mass is 442 g/mol. The maximum Gasteiger partial charge on any atom is 0.223 e. The zero-order valence-corrected chi connectivity index (χ0v) is 17.6. The Labute approximate surface area is 176 Å². The van der Waals surface area contributed by atoms with Gasteiger partial charge in [0.1, 0.15) is 0 Å². The zero-order valence-electron chi connectivity index (χ0n) is 14.5. The van der Waals surface area contributed by atoms with Crippen molar-refractivity contribution in [1.82, 2.24) is 9.88 Å². The van der Waals surface area contributed by atoms with Gasteiger partial charge in [-0.1, -0.05) is 34.8 Å². The summed E-state index contributed by atoms with van der Waals surface area (Å²) in [6.45, 7) is 3.15. The number of oxazole rings is 1. The van der Waals surface area contributed by atoms with Crippen LogP contribution >= 0.6 is 46.1 Å². The molecule has 0 bridgehead atoms. The van der Waals surface area contributed by atoms with Crippen LogP contribution in [0.3, 0.4) is 0 Å². The molecule has 142 valence electrons. The normalized spacial score (nSPS) is 11.0. The lowest BCUT2D eigenvalue weighted by molar-refractivity contribution is -0.131. The molecule has 0 spiro atoms. The van der Waals surface area contributed by atoms with Crippen LogP contribution in [0.15, 0.2) is 40.9 Å². The SMILES string of the molecule is CCN(Cc1ccc(Cl)s1)C(=O)CCc1ncc(-c2ccc(Cl)cc2Cl)o1. The molecule has 0 fully saturated rings. The fraction of sp³-hybridized carbons (Fsp3) is 0.263. The van der Waals surface area contributed by atoms with Gasteiger partial charge in [-0.15, -0.1) is 11.3 Å². The summed E-state index contributed by atoms with van der Waals surface area (Å²) < 4.78 is 6.47. The van der Waals surface area contributed by atoms with E-state index in [-0.39, 0.29) is 5.91 Å². The van der Waals surface area contributed by atoms with Crippen molar-refractivity contribution in [3.8, 4) is 11.3 Å². The third-order valence-corrected chi connectivity index (χ3v) is 5.78. The van der Waals surface area contributed by atoms with Crippen LogP contribution in [-0.2, 0) is 17.8 Å². The predicted molar refractivity (Wildman–Crippen MR) is 111 cm³/mol. The highest BCUT2D eigenvalue weighted by molar-refractivity contribution is 7.16. The summed E-state index contributed by atoms with van der Waals surface area (Å²) in [5.74, 6) is 1.10. The van der Waals surface area contributed by atoms with Gasteiger partial charge in [-0.25, -0.2) is 4.98 Å². The second-order valence-electron chi connectivity index (χ2n) is 5.86. The molecule has 3 aromatic rings. The van der Waals surface area contributed by atoms with E-state index in [1.54, 1.807) is 29.3 Å². The summed E-state index contributed by atoms with van der Waals surface area (Å²) in [6, 6.07) is 8.96. The van der Waals surface area contributed by atoms with Crippen LogP contribution < -0.4 is 0 Å². The van der Waals surface area contributed by atoms with Crippen molar-refractivity contribution in [3.05, 3.63) is 61.7 Å². The van der Waals surface area contributed by atoms with Crippen molar-refractivity contribution in [2.45, 2.75) is 26.3 Å². The lowest BCUT2D eigenvalue weighted by Crippen LogP contribution is -2.30. The van der Waals surface area contributed by atoms with Gasteiger partial charge in [0.15, 0.2) is 11.7 Å². The molecule has 0 aliphatic rings. The summed E-state index contributed by atoms with van der Waals surface area (Å²) >= 11 is 19.6. The van der Waals surface area contributed by atoms with Crippen LogP contribution in [0.4, 0.5) is 0 Å². The summed E-state index contributed by atoms with van der Waals surface area (Å²) in [6.07, 6.45) is 2.35. The number of halogens is 3. The lowest BCUT2D eigenvalue weighted by atomic mass is 10.2. The summed E-state index contributed by atoms with van der Waals surface area (Å²) in [4.78, 5) is 19.6. The number of rotatable bonds is 7. The quantitative estimate of drug-likeness (QED) is 0.428. The Hall–Kier alpha value is -1.53. The van der Waals surface area contributed by atoms with Gasteiger partial charge in [-0.05, 0) is 37.3 Å². The third-order valence-electron chi connectivity index (χ3n) is 4.01. The number of aromatic nitrogens is 1. The molecule has 1 amide bonds. The molecule has 8 heteroatoms. The van der Waals surface area contributed by atoms with Crippen LogP contribution in [0.25, 0.3) is 11.3 Å². The smallest absolute Gasteiger partial charge is 0.223 e. The first-order valence-corrected chi connectivity index (χ1v) is 10.3. The summed E-state index contributed by atoms with van der Waals surface area (Å²) in [5.41, 5.74) is 0.718. The highest BCUT2D eigenvalue weighted by Crippen LogP contribution is 2.31. The molecule has 3 rings (SSSR count). The lowest BCUT2D eigenvalue weighted by Gasteiger charge is -2.19. The van der Waals surface area contributed by atoms with Gasteiger partial charge in [0.2, 0.25) is 5.91 Å². The molecular formula is C19H17Cl3N2O2S. The fourth-order valence-corrected chi connectivity index (χ4v) is 4.22. The topological polar surface area (TPSA) is 46.3 Å². The molecule has 0 N–H and O–H groups in total. The van der Waals surface area contributed by atoms with Crippen molar-refractivity contribution in [2.75, 3.05) is 6.54 Å². The van der Waals surface area contributed by atoms with Crippen LogP contribution in [0.1, 0.15) is 24.1 Å². The number of nitrogens with zero attached hydrogens (tertiary/aromatic N) is 2. The third kappa shape index (κ3) is 5.26. The van der Waals surface area contributed by atoms with Crippen molar-refractivity contribution in [1.29, 1.82) is 0 Å². The Kier molecular flexibility index (Phi) is 6.82. The van der Waals surface area contributed by atoms with Crippen LogP contribution in [0, 0.1) is 0 Å². The first-order chi connectivity index (χ1) is 13.0. The van der Waals surface area contributed by atoms with E-state index in [2.05, 4.69) is 4.98 Å². The molecule has 0 radical (unpaired) electrons. The van der Waals surface area contributed by atoms with E-state index in [9.17, 15) is 4.79 Å². The molecule has 0 unspecified atom stereocenters. The molecule has 2 aromatic heterocycles. The van der Waals surface area contributed by atoms with Gasteiger partial charge in [0.05, 0.1) is 22.1 Å². The van der Waals surface area contributed by atoms with Crippen molar-refractivity contribution >= 4 is 52.0 Å². The molecule has 1 aromatic carbocycles. The first kappa shape index (κ1) is 20.2. The Morgan fingerprint density at radius 1 is 1.22 bits per heavy atom. The number of aryl methyl sites for hydroxylation is 1. The van der Waals surface area contributed by atoms with Gasteiger partial charge in [0.25, 0.3) is 0 Å². The molecule has 4 nitrogen and oxygen atoms in total.